The van der Waals surface area contributed by atoms with Gasteiger partial charge in [-0.15, -0.1) is 12.4 Å². The molecule has 6 aromatic carbocycles. The number of phenols is 6. The van der Waals surface area contributed by atoms with Crippen molar-refractivity contribution < 1.29 is 49.9 Å². The highest BCUT2D eigenvalue weighted by atomic mass is 35.5. The number of Topliss-reactive ketones (excluding diaryl/α,β-unsaturated/α-hetero) is 1. The smallest absolute Gasteiger partial charge is 0.170 e. The van der Waals surface area contributed by atoms with Crippen LogP contribution in [0.1, 0.15) is 71.6 Å². The van der Waals surface area contributed by atoms with Crippen molar-refractivity contribution in [2.75, 3.05) is 21.3 Å². The van der Waals surface area contributed by atoms with Crippen LogP contribution in [-0.2, 0) is 72.3 Å². The zero-order valence-electron chi connectivity index (χ0n) is 38.0. The third kappa shape index (κ3) is 8.57. The molecule has 0 heterocycles. The minimum absolute atomic E-state index is 0. The van der Waals surface area contributed by atoms with E-state index in [9.17, 15) is 35.4 Å². The van der Waals surface area contributed by atoms with Crippen LogP contribution in [0.4, 0.5) is 0 Å². The van der Waals surface area contributed by atoms with Crippen LogP contribution in [0.25, 0.3) is 0 Å². The quantitative estimate of drug-likeness (QED) is 0.0823. The summed E-state index contributed by atoms with van der Waals surface area (Å²) < 4.78 is 0. The fourth-order valence-corrected chi connectivity index (χ4v) is 11.6. The van der Waals surface area contributed by atoms with Crippen molar-refractivity contribution in [2.45, 2.75) is 57.8 Å². The maximum Gasteiger partial charge on any atom is 0.170 e. The van der Waals surface area contributed by atoms with Gasteiger partial charge in [0.15, 0.2) is 5.78 Å². The lowest BCUT2D eigenvalue weighted by molar-refractivity contribution is 0.0831. The Morgan fingerprint density at radius 1 is 0.397 bits per heavy atom. The molecule has 8 N–H and O–H groups in total. The molecule has 13 nitrogen and oxygen atoms in total. The highest BCUT2D eigenvalue weighted by Crippen LogP contribution is 2.51. The number of nitrogens with two attached hydrogens (primary N) is 1. The van der Waals surface area contributed by atoms with Crippen LogP contribution in [0, 0.1) is 16.2 Å². The van der Waals surface area contributed by atoms with Gasteiger partial charge in [0.1, 0.15) is 48.7 Å². The zero-order valence-corrected chi connectivity index (χ0v) is 38.8. The van der Waals surface area contributed by atoms with E-state index in [4.69, 9.17) is 9.68 Å². The van der Waals surface area contributed by atoms with Crippen LogP contribution in [0.3, 0.4) is 0 Å². The molecule has 6 aromatic rings. The number of rotatable bonds is 2. The zero-order chi connectivity index (χ0) is 47.3. The van der Waals surface area contributed by atoms with Crippen LogP contribution in [0.15, 0.2) is 120 Å². The molecule has 0 fully saturated rings. The van der Waals surface area contributed by atoms with Gasteiger partial charge in [-0.2, -0.15) is 0 Å². The van der Waals surface area contributed by atoms with Gasteiger partial charge in [0.2, 0.25) is 0 Å². The fraction of sp³-hybridized carbons (Fsp3) is 0.278. The molecule has 6 aliphatic rings. The lowest BCUT2D eigenvalue weighted by atomic mass is 9.80. The molecular weight excluding hydrogens is 886 g/mol. The minimum atomic E-state index is -0.410. The number of carbonyl (C=O) groups is 1. The summed E-state index contributed by atoms with van der Waals surface area (Å²) in [7, 11) is 4.53. The van der Waals surface area contributed by atoms with Crippen LogP contribution in [-0.4, -0.2) is 69.2 Å². The second kappa shape index (κ2) is 18.6. The second-order valence-corrected chi connectivity index (χ2v) is 18.6. The first kappa shape index (κ1) is 47.4. The van der Waals surface area contributed by atoms with Gasteiger partial charge >= 0.3 is 0 Å². The van der Waals surface area contributed by atoms with E-state index in [1.54, 1.807) is 68.8 Å². The van der Waals surface area contributed by atoms with E-state index in [1.807, 2.05) is 54.6 Å². The number of hydrogen-bond donors (Lipinski definition) is 7. The molecule has 0 saturated heterocycles. The first-order chi connectivity index (χ1) is 32.2. The summed E-state index contributed by atoms with van der Waals surface area (Å²) in [4.78, 5) is 26.7. The average Bonchev–Trinajstić information content (AvgIpc) is 4.11. The predicted octanol–water partition coefficient (Wildman–Crippen LogP) is 8.13. The molecule has 0 bridgehead atoms. The van der Waals surface area contributed by atoms with Crippen LogP contribution in [0.2, 0.25) is 0 Å². The maximum atomic E-state index is 12.7. The molecule has 0 aliphatic heterocycles. The van der Waals surface area contributed by atoms with E-state index in [-0.39, 0.29) is 52.0 Å². The topological polar surface area (TPSA) is 217 Å². The Hall–Kier alpha value is -7.06. The highest BCUT2D eigenvalue weighted by Gasteiger charge is 2.51. The largest absolute Gasteiger partial charge is 0.508 e. The lowest BCUT2D eigenvalue weighted by Gasteiger charge is -2.23. The molecule has 3 spiro atoms. The Morgan fingerprint density at radius 2 is 0.647 bits per heavy atom. The van der Waals surface area contributed by atoms with Crippen molar-refractivity contribution in [3.63, 3.8) is 0 Å². The number of benzene rings is 6. The molecule has 68 heavy (non-hydrogen) atoms. The molecule has 352 valence electrons. The number of oxime groups is 2. The van der Waals surface area contributed by atoms with Crippen LogP contribution in [0.5, 0.6) is 34.5 Å². The van der Waals surface area contributed by atoms with Gasteiger partial charge < -0.3 is 45.2 Å². The van der Waals surface area contributed by atoms with Crippen LogP contribution >= 0.6 is 12.4 Å². The van der Waals surface area contributed by atoms with E-state index in [2.05, 4.69) is 21.0 Å². The van der Waals surface area contributed by atoms with E-state index in [0.29, 0.717) is 24.3 Å². The molecule has 0 saturated carbocycles. The van der Waals surface area contributed by atoms with Gasteiger partial charge in [-0.1, -0.05) is 28.5 Å². The molecule has 6 aliphatic carbocycles. The van der Waals surface area contributed by atoms with Gasteiger partial charge in [0.05, 0.1) is 18.5 Å². The third-order valence-electron chi connectivity index (χ3n) is 14.2. The number of phenolic OH excluding ortho intramolecular Hbond substituents is 6. The van der Waals surface area contributed by atoms with Crippen molar-refractivity contribution in [1.82, 2.24) is 0 Å². The van der Waals surface area contributed by atoms with E-state index in [1.165, 1.54) is 29.4 Å². The maximum absolute atomic E-state index is 12.7. The Labute approximate surface area is 400 Å². The summed E-state index contributed by atoms with van der Waals surface area (Å²) in [6, 6.07) is 32.3. The third-order valence-corrected chi connectivity index (χ3v) is 14.2. The van der Waals surface area contributed by atoms with Gasteiger partial charge in [0, 0.05) is 32.9 Å². The normalized spacial score (nSPS) is 22.4. The molecule has 3 atom stereocenters. The first-order valence-electron chi connectivity index (χ1n) is 22.1. The number of halogens is 1. The number of ketones is 1. The summed E-state index contributed by atoms with van der Waals surface area (Å²) in [5.74, 6) is 6.14. The summed E-state index contributed by atoms with van der Waals surface area (Å²) in [6.45, 7) is 0. The number of fused-ring (bicyclic) bond motifs is 6. The van der Waals surface area contributed by atoms with Crippen molar-refractivity contribution >= 4 is 29.6 Å². The Kier molecular flexibility index (Phi) is 12.9. The Morgan fingerprint density at radius 3 is 1.01 bits per heavy atom. The fourth-order valence-electron chi connectivity index (χ4n) is 11.6. The average molecular weight is 940 g/mol. The summed E-state index contributed by atoms with van der Waals surface area (Å²) in [6.07, 6.45) is 7.12. The molecule has 0 amide bonds. The van der Waals surface area contributed by atoms with Crippen molar-refractivity contribution in [2.24, 2.45) is 32.5 Å². The van der Waals surface area contributed by atoms with Crippen molar-refractivity contribution in [3.05, 3.63) is 176 Å². The lowest BCUT2D eigenvalue weighted by Crippen LogP contribution is -2.29. The molecule has 12 rings (SSSR count). The SMILES string of the molecule is CO/N=C1/c2ccc(O)cc2CC12Cc1ccc(O)cc1C2.CO/N=C1\c2ccc(O)cc2CC12Cc1ccc(O)cc1C2.CON.Cl.O=C1c2ccc(O)cc2CC12Cc1ccc(O)cc1C2. The van der Waals surface area contributed by atoms with Crippen LogP contribution < -0.4 is 5.90 Å². The van der Waals surface area contributed by atoms with Crippen molar-refractivity contribution in [1.29, 1.82) is 0 Å². The molecule has 0 aromatic heterocycles. The predicted molar refractivity (Wildman–Crippen MR) is 259 cm³/mol. The van der Waals surface area contributed by atoms with E-state index in [0.717, 1.165) is 101 Å². The molecular formula is C54H54ClN3O10. The summed E-state index contributed by atoms with van der Waals surface area (Å²) >= 11 is 0. The van der Waals surface area contributed by atoms with E-state index >= 15 is 0 Å². The Balaban J connectivity index is 0.000000133. The number of aromatic hydroxyl groups is 6. The van der Waals surface area contributed by atoms with Gasteiger partial charge in [0.25, 0.3) is 0 Å². The number of hydrogen-bond acceptors (Lipinski definition) is 13. The molecule has 0 radical (unpaired) electrons. The first-order valence-corrected chi connectivity index (χ1v) is 22.1. The number of carbonyl (C=O) groups excluding carboxylic acids is 1. The van der Waals surface area contributed by atoms with Gasteiger partial charge in [-0.05, 0) is 199 Å². The second-order valence-electron chi connectivity index (χ2n) is 18.6. The summed E-state index contributed by atoms with van der Waals surface area (Å²) in [5.41, 5.74) is 14.2. The van der Waals surface area contributed by atoms with Gasteiger partial charge in [-0.3, -0.25) is 4.79 Å². The number of nitrogens with zero attached hydrogens (tertiary/aromatic N) is 2. The van der Waals surface area contributed by atoms with Crippen molar-refractivity contribution in [3.8, 4) is 34.5 Å². The highest BCUT2D eigenvalue weighted by molar-refractivity contribution is 6.10. The minimum Gasteiger partial charge on any atom is -0.508 e. The Bertz CT molecular complexity index is 2860. The molecule has 3 unspecified atom stereocenters. The summed E-state index contributed by atoms with van der Waals surface area (Å²) in [5, 5.41) is 66.7. The molecule has 14 heteroatoms. The standard InChI is InChI=1S/2C18H17NO3.C17H14O3.CH5NO.ClH/c2*1-22-19-17-16-5-4-15(21)7-13(16)10-18(17)8-11-2-3-14(20)6-12(11)9-18;18-13-2-1-10-7-17(8-11(10)5-13)9-12-6-14(19)3-4-15(12)16(17)20;1-3-2;/h2*2-7,20-21H,8-10H2,1H3;1-6,18-19H,7-9H2;2H2,1H3;1H/b19-17+;19-17-;;;. The van der Waals surface area contributed by atoms with Gasteiger partial charge in [-0.25, -0.2) is 5.90 Å². The monoisotopic (exact) mass is 939 g/mol. The van der Waals surface area contributed by atoms with E-state index < -0.39 is 5.41 Å².